The summed E-state index contributed by atoms with van der Waals surface area (Å²) < 4.78 is 18.4. The molecule has 1 aromatic carbocycles. The standard InChI is InChI=1S/C19H19FN4O/c1-11(2)18-23-19(25-24-18)13-7-8-21-17(9-13)22-16-10-15(16)12-3-5-14(20)6-4-12/h3-9,11,15-16H,10H2,1-2H3,(H,21,22)/t15-,16+/m0/s1. The minimum Gasteiger partial charge on any atom is -0.367 e. The van der Waals surface area contributed by atoms with E-state index in [0.717, 1.165) is 23.4 Å². The Morgan fingerprint density at radius 1 is 1.20 bits per heavy atom. The number of benzene rings is 1. The number of anilines is 1. The van der Waals surface area contributed by atoms with Gasteiger partial charge in [-0.3, -0.25) is 0 Å². The van der Waals surface area contributed by atoms with E-state index in [1.807, 2.05) is 38.1 Å². The van der Waals surface area contributed by atoms with Crippen molar-refractivity contribution in [2.75, 3.05) is 5.32 Å². The Morgan fingerprint density at radius 3 is 2.72 bits per heavy atom. The monoisotopic (exact) mass is 338 g/mol. The molecule has 1 saturated carbocycles. The van der Waals surface area contributed by atoms with Crippen LogP contribution in [0.5, 0.6) is 0 Å². The van der Waals surface area contributed by atoms with E-state index >= 15 is 0 Å². The van der Waals surface area contributed by atoms with E-state index in [1.54, 1.807) is 6.20 Å². The summed E-state index contributed by atoms with van der Waals surface area (Å²) in [6, 6.07) is 10.8. The molecule has 0 spiro atoms. The third-order valence-electron chi connectivity index (χ3n) is 4.39. The van der Waals surface area contributed by atoms with Crippen molar-refractivity contribution in [2.24, 2.45) is 0 Å². The first-order valence-corrected chi connectivity index (χ1v) is 8.42. The topological polar surface area (TPSA) is 63.8 Å². The van der Waals surface area contributed by atoms with Gasteiger partial charge >= 0.3 is 0 Å². The van der Waals surface area contributed by atoms with Crippen LogP contribution in [0.1, 0.15) is 43.5 Å². The molecule has 4 rings (SSSR count). The highest BCUT2D eigenvalue weighted by Crippen LogP contribution is 2.42. The van der Waals surface area contributed by atoms with Crippen molar-refractivity contribution in [2.45, 2.75) is 38.1 Å². The first-order chi connectivity index (χ1) is 12.1. The van der Waals surface area contributed by atoms with Crippen LogP contribution in [-0.4, -0.2) is 21.2 Å². The third-order valence-corrected chi connectivity index (χ3v) is 4.39. The molecule has 0 saturated heterocycles. The molecule has 2 atom stereocenters. The van der Waals surface area contributed by atoms with Gasteiger partial charge < -0.3 is 9.84 Å². The maximum Gasteiger partial charge on any atom is 0.258 e. The molecule has 0 unspecified atom stereocenters. The number of halogens is 1. The van der Waals surface area contributed by atoms with Crippen molar-refractivity contribution >= 4 is 5.82 Å². The van der Waals surface area contributed by atoms with E-state index in [4.69, 9.17) is 4.52 Å². The molecule has 1 aliphatic carbocycles. The average Bonchev–Trinajstić information content (AvgIpc) is 3.18. The largest absolute Gasteiger partial charge is 0.367 e. The molecule has 1 N–H and O–H groups in total. The Labute approximate surface area is 145 Å². The smallest absolute Gasteiger partial charge is 0.258 e. The predicted octanol–water partition coefficient (Wildman–Crippen LogP) is 4.36. The molecule has 1 fully saturated rings. The van der Waals surface area contributed by atoms with Crippen LogP contribution in [0.25, 0.3) is 11.5 Å². The van der Waals surface area contributed by atoms with Gasteiger partial charge in [0.05, 0.1) is 0 Å². The number of pyridine rings is 1. The van der Waals surface area contributed by atoms with Crippen LogP contribution < -0.4 is 5.32 Å². The first kappa shape index (κ1) is 15.7. The molecule has 3 aromatic rings. The maximum atomic E-state index is 13.0. The highest BCUT2D eigenvalue weighted by Gasteiger charge is 2.38. The summed E-state index contributed by atoms with van der Waals surface area (Å²) >= 11 is 0. The van der Waals surface area contributed by atoms with Crippen molar-refractivity contribution < 1.29 is 8.91 Å². The molecule has 2 heterocycles. The Morgan fingerprint density at radius 2 is 2.00 bits per heavy atom. The number of rotatable bonds is 5. The Balaban J connectivity index is 1.46. The highest BCUT2D eigenvalue weighted by atomic mass is 19.1. The molecule has 1 aliphatic rings. The third kappa shape index (κ3) is 3.38. The summed E-state index contributed by atoms with van der Waals surface area (Å²) in [6.45, 7) is 4.05. The van der Waals surface area contributed by atoms with Gasteiger partial charge in [0, 0.05) is 29.6 Å². The molecular weight excluding hydrogens is 319 g/mol. The van der Waals surface area contributed by atoms with E-state index in [-0.39, 0.29) is 11.7 Å². The Kier molecular flexibility index (Phi) is 3.95. The molecular formula is C19H19FN4O. The summed E-state index contributed by atoms with van der Waals surface area (Å²) in [5.74, 6) is 2.38. The zero-order valence-electron chi connectivity index (χ0n) is 14.1. The van der Waals surface area contributed by atoms with Crippen LogP contribution in [-0.2, 0) is 0 Å². The van der Waals surface area contributed by atoms with Crippen LogP contribution in [0.2, 0.25) is 0 Å². The molecule has 0 amide bonds. The second-order valence-electron chi connectivity index (χ2n) is 6.69. The average molecular weight is 338 g/mol. The van der Waals surface area contributed by atoms with Crippen molar-refractivity contribution in [3.63, 3.8) is 0 Å². The molecule has 6 heteroatoms. The first-order valence-electron chi connectivity index (χ1n) is 8.42. The zero-order chi connectivity index (χ0) is 17.4. The summed E-state index contributed by atoms with van der Waals surface area (Å²) in [4.78, 5) is 8.79. The van der Waals surface area contributed by atoms with Crippen LogP contribution in [0.15, 0.2) is 47.1 Å². The lowest BCUT2D eigenvalue weighted by atomic mass is 10.1. The lowest BCUT2D eigenvalue weighted by molar-refractivity contribution is 0.419. The van der Waals surface area contributed by atoms with E-state index in [2.05, 4.69) is 20.4 Å². The fraction of sp³-hybridized carbons (Fsp3) is 0.316. The highest BCUT2D eigenvalue weighted by molar-refractivity contribution is 5.58. The second-order valence-corrected chi connectivity index (χ2v) is 6.69. The van der Waals surface area contributed by atoms with Gasteiger partial charge in [-0.05, 0) is 36.2 Å². The van der Waals surface area contributed by atoms with Gasteiger partial charge in [0.25, 0.3) is 5.89 Å². The van der Waals surface area contributed by atoms with Gasteiger partial charge in [0.2, 0.25) is 0 Å². The predicted molar refractivity (Wildman–Crippen MR) is 92.8 cm³/mol. The van der Waals surface area contributed by atoms with E-state index < -0.39 is 0 Å². The van der Waals surface area contributed by atoms with Crippen LogP contribution in [0.3, 0.4) is 0 Å². The normalized spacial score (nSPS) is 19.2. The fourth-order valence-electron chi connectivity index (χ4n) is 2.85. The number of nitrogens with zero attached hydrogens (tertiary/aromatic N) is 3. The minimum atomic E-state index is -0.205. The number of hydrogen-bond acceptors (Lipinski definition) is 5. The van der Waals surface area contributed by atoms with Crippen LogP contribution in [0.4, 0.5) is 10.2 Å². The van der Waals surface area contributed by atoms with E-state index in [1.165, 1.54) is 12.1 Å². The van der Waals surface area contributed by atoms with Gasteiger partial charge in [0.15, 0.2) is 5.82 Å². The molecule has 25 heavy (non-hydrogen) atoms. The molecule has 0 bridgehead atoms. The van der Waals surface area contributed by atoms with E-state index in [0.29, 0.717) is 23.7 Å². The van der Waals surface area contributed by atoms with Gasteiger partial charge in [-0.25, -0.2) is 9.37 Å². The molecule has 0 aliphatic heterocycles. The lowest BCUT2D eigenvalue weighted by Crippen LogP contribution is -2.05. The van der Waals surface area contributed by atoms with E-state index in [9.17, 15) is 4.39 Å². The second kappa shape index (κ2) is 6.27. The molecule has 0 radical (unpaired) electrons. The quantitative estimate of drug-likeness (QED) is 0.749. The van der Waals surface area contributed by atoms with Crippen molar-refractivity contribution in [1.82, 2.24) is 15.1 Å². The molecule has 2 aromatic heterocycles. The zero-order valence-corrected chi connectivity index (χ0v) is 14.1. The Bertz CT molecular complexity index is 875. The number of hydrogen-bond donors (Lipinski definition) is 1. The van der Waals surface area contributed by atoms with Crippen molar-refractivity contribution in [3.8, 4) is 11.5 Å². The minimum absolute atomic E-state index is 0.205. The Hall–Kier alpha value is -2.76. The van der Waals surface area contributed by atoms with Gasteiger partial charge in [0.1, 0.15) is 11.6 Å². The van der Waals surface area contributed by atoms with Crippen molar-refractivity contribution in [3.05, 3.63) is 59.8 Å². The summed E-state index contributed by atoms with van der Waals surface area (Å²) in [6.07, 6.45) is 2.74. The summed E-state index contributed by atoms with van der Waals surface area (Å²) in [7, 11) is 0. The van der Waals surface area contributed by atoms with Crippen LogP contribution in [0, 0.1) is 5.82 Å². The lowest BCUT2D eigenvalue weighted by Gasteiger charge is -2.06. The SMILES string of the molecule is CC(C)c1noc(-c2ccnc(N[C@@H]3C[C@H]3c3ccc(F)cc3)c2)n1. The fourth-order valence-corrected chi connectivity index (χ4v) is 2.85. The van der Waals surface area contributed by atoms with Crippen LogP contribution >= 0.6 is 0 Å². The maximum absolute atomic E-state index is 13.0. The number of nitrogens with one attached hydrogen (secondary N) is 1. The van der Waals surface area contributed by atoms with Gasteiger partial charge in [-0.15, -0.1) is 0 Å². The van der Waals surface area contributed by atoms with Crippen molar-refractivity contribution in [1.29, 1.82) is 0 Å². The van der Waals surface area contributed by atoms with Gasteiger partial charge in [-0.2, -0.15) is 4.98 Å². The van der Waals surface area contributed by atoms with Gasteiger partial charge in [-0.1, -0.05) is 31.1 Å². The summed E-state index contributed by atoms with van der Waals surface area (Å²) in [5.41, 5.74) is 1.99. The number of aromatic nitrogens is 3. The summed E-state index contributed by atoms with van der Waals surface area (Å²) in [5, 5.41) is 7.42. The molecule has 5 nitrogen and oxygen atoms in total. The molecule has 128 valence electrons.